The number of rotatable bonds is 5. The van der Waals surface area contributed by atoms with E-state index in [0.29, 0.717) is 11.8 Å². The summed E-state index contributed by atoms with van der Waals surface area (Å²) in [4.78, 5) is 6.80. The summed E-state index contributed by atoms with van der Waals surface area (Å²) in [6, 6.07) is 0. The summed E-state index contributed by atoms with van der Waals surface area (Å²) in [6.45, 7) is 11.0. The molecule has 1 saturated heterocycles. The van der Waals surface area contributed by atoms with Crippen LogP contribution in [0.15, 0.2) is 4.99 Å². The fourth-order valence-corrected chi connectivity index (χ4v) is 2.57. The van der Waals surface area contributed by atoms with E-state index in [9.17, 15) is 0 Å². The van der Waals surface area contributed by atoms with Crippen LogP contribution in [0.4, 0.5) is 0 Å². The maximum absolute atomic E-state index is 5.58. The smallest absolute Gasteiger partial charge is 0.208 e. The molecule has 2 atom stereocenters. The Hall–Kier alpha value is -0.810. The van der Waals surface area contributed by atoms with Crippen molar-refractivity contribution in [2.24, 2.45) is 22.7 Å². The third-order valence-electron chi connectivity index (χ3n) is 3.21. The molecule has 0 aromatic rings. The summed E-state index contributed by atoms with van der Waals surface area (Å²) in [7, 11) is 0. The average molecular weight is 256 g/mol. The van der Waals surface area contributed by atoms with Gasteiger partial charge in [-0.1, -0.05) is 13.8 Å². The number of hydrogen-bond acceptors (Lipinski definition) is 3. The first-order valence-electron chi connectivity index (χ1n) is 7.01. The standard InChI is InChI=1S/C13H28N4O/c1-4-18-7-5-6-15-13(16-14)17-9-11(2)8-12(3)10-17/h11-12H,4-10,14H2,1-3H3,(H,15,16). The first kappa shape index (κ1) is 15.2. The van der Waals surface area contributed by atoms with Crippen LogP contribution in [0, 0.1) is 11.8 Å². The molecule has 2 unspecified atom stereocenters. The highest BCUT2D eigenvalue weighted by atomic mass is 16.5. The first-order chi connectivity index (χ1) is 8.67. The number of aliphatic imine (C=N–C) groups is 1. The van der Waals surface area contributed by atoms with Gasteiger partial charge in [0, 0.05) is 32.8 Å². The summed E-state index contributed by atoms with van der Waals surface area (Å²) >= 11 is 0. The van der Waals surface area contributed by atoms with Crippen LogP contribution in [0.5, 0.6) is 0 Å². The van der Waals surface area contributed by atoms with Gasteiger partial charge in [-0.2, -0.15) is 0 Å². The molecule has 0 radical (unpaired) electrons. The van der Waals surface area contributed by atoms with Crippen molar-refractivity contribution in [3.63, 3.8) is 0 Å². The van der Waals surface area contributed by atoms with Crippen molar-refractivity contribution in [1.29, 1.82) is 0 Å². The van der Waals surface area contributed by atoms with Gasteiger partial charge >= 0.3 is 0 Å². The van der Waals surface area contributed by atoms with Gasteiger partial charge in [-0.25, -0.2) is 5.84 Å². The minimum absolute atomic E-state index is 0.704. The summed E-state index contributed by atoms with van der Waals surface area (Å²) < 4.78 is 5.29. The monoisotopic (exact) mass is 256 g/mol. The molecule has 0 aliphatic carbocycles. The summed E-state index contributed by atoms with van der Waals surface area (Å²) in [5.41, 5.74) is 2.74. The Morgan fingerprint density at radius 3 is 2.61 bits per heavy atom. The lowest BCUT2D eigenvalue weighted by molar-refractivity contribution is 0.146. The number of likely N-dealkylation sites (tertiary alicyclic amines) is 1. The maximum atomic E-state index is 5.58. The van der Waals surface area contributed by atoms with Gasteiger partial charge in [0.15, 0.2) is 0 Å². The zero-order valence-corrected chi connectivity index (χ0v) is 12.0. The normalized spacial score (nSPS) is 25.3. The molecule has 1 aliphatic heterocycles. The molecule has 0 amide bonds. The van der Waals surface area contributed by atoms with Crippen molar-refractivity contribution in [2.45, 2.75) is 33.6 Å². The Balaban J connectivity index is 2.41. The third kappa shape index (κ3) is 5.23. The van der Waals surface area contributed by atoms with Crippen LogP contribution >= 0.6 is 0 Å². The molecule has 5 heteroatoms. The molecule has 1 fully saturated rings. The average Bonchev–Trinajstić information content (AvgIpc) is 2.32. The van der Waals surface area contributed by atoms with Gasteiger partial charge in [0.1, 0.15) is 0 Å². The second-order valence-corrected chi connectivity index (χ2v) is 5.25. The lowest BCUT2D eigenvalue weighted by Crippen LogP contribution is -2.50. The minimum Gasteiger partial charge on any atom is -0.382 e. The minimum atomic E-state index is 0.704. The van der Waals surface area contributed by atoms with E-state index >= 15 is 0 Å². The molecule has 3 N–H and O–H groups in total. The van der Waals surface area contributed by atoms with Crippen molar-refractivity contribution >= 4 is 5.96 Å². The van der Waals surface area contributed by atoms with Crippen molar-refractivity contribution in [3.05, 3.63) is 0 Å². The highest BCUT2D eigenvalue weighted by molar-refractivity contribution is 5.79. The second kappa shape index (κ2) is 8.32. The molecule has 0 aromatic carbocycles. The largest absolute Gasteiger partial charge is 0.382 e. The highest BCUT2D eigenvalue weighted by Crippen LogP contribution is 2.20. The number of piperidine rings is 1. The molecular formula is C13H28N4O. The van der Waals surface area contributed by atoms with E-state index in [1.54, 1.807) is 0 Å². The van der Waals surface area contributed by atoms with E-state index in [1.165, 1.54) is 6.42 Å². The van der Waals surface area contributed by atoms with Gasteiger partial charge in [0.25, 0.3) is 0 Å². The number of hydrazine groups is 1. The van der Waals surface area contributed by atoms with Crippen LogP contribution in [0.25, 0.3) is 0 Å². The van der Waals surface area contributed by atoms with E-state index in [0.717, 1.165) is 45.2 Å². The molecule has 5 nitrogen and oxygen atoms in total. The Kier molecular flexibility index (Phi) is 7.05. The van der Waals surface area contributed by atoms with Crippen molar-refractivity contribution < 1.29 is 4.74 Å². The Bertz CT molecular complexity index is 247. The Morgan fingerprint density at radius 2 is 2.06 bits per heavy atom. The SMILES string of the molecule is CCOCCCN=C(NN)N1CC(C)CC(C)C1. The molecule has 106 valence electrons. The zero-order valence-electron chi connectivity index (χ0n) is 12.0. The number of hydrogen-bond donors (Lipinski definition) is 2. The lowest BCUT2D eigenvalue weighted by atomic mass is 9.92. The van der Waals surface area contributed by atoms with E-state index in [4.69, 9.17) is 10.6 Å². The molecule has 0 spiro atoms. The van der Waals surface area contributed by atoms with Crippen LogP contribution in [-0.4, -0.2) is 43.7 Å². The molecule has 18 heavy (non-hydrogen) atoms. The van der Waals surface area contributed by atoms with Crippen molar-refractivity contribution in [1.82, 2.24) is 10.3 Å². The fourth-order valence-electron chi connectivity index (χ4n) is 2.57. The summed E-state index contributed by atoms with van der Waals surface area (Å²) in [5, 5.41) is 0. The molecule has 1 rings (SSSR count). The number of nitrogens with one attached hydrogen (secondary N) is 1. The van der Waals surface area contributed by atoms with E-state index < -0.39 is 0 Å². The van der Waals surface area contributed by atoms with Gasteiger partial charge in [-0.05, 0) is 31.6 Å². The van der Waals surface area contributed by atoms with Crippen LogP contribution in [0.3, 0.4) is 0 Å². The number of ether oxygens (including phenoxy) is 1. The van der Waals surface area contributed by atoms with Gasteiger partial charge in [0.05, 0.1) is 0 Å². The molecular weight excluding hydrogens is 228 g/mol. The molecule has 1 heterocycles. The highest BCUT2D eigenvalue weighted by Gasteiger charge is 2.23. The predicted molar refractivity (Wildman–Crippen MR) is 75.3 cm³/mol. The number of nitrogens with two attached hydrogens (primary N) is 1. The summed E-state index contributed by atoms with van der Waals surface area (Å²) in [6.07, 6.45) is 2.23. The Labute approximate surface area is 111 Å². The number of nitrogens with zero attached hydrogens (tertiary/aromatic N) is 2. The fraction of sp³-hybridized carbons (Fsp3) is 0.923. The van der Waals surface area contributed by atoms with Crippen molar-refractivity contribution in [3.8, 4) is 0 Å². The van der Waals surface area contributed by atoms with E-state index in [-0.39, 0.29) is 0 Å². The quantitative estimate of drug-likeness (QED) is 0.255. The second-order valence-electron chi connectivity index (χ2n) is 5.25. The van der Waals surface area contributed by atoms with E-state index in [1.807, 2.05) is 6.92 Å². The Morgan fingerprint density at radius 1 is 1.39 bits per heavy atom. The summed E-state index contributed by atoms with van der Waals surface area (Å²) in [5.74, 6) is 7.81. The van der Waals surface area contributed by atoms with Gasteiger partial charge < -0.3 is 9.64 Å². The van der Waals surface area contributed by atoms with Gasteiger partial charge in [-0.15, -0.1) is 0 Å². The maximum Gasteiger partial charge on any atom is 0.208 e. The molecule has 0 saturated carbocycles. The molecule has 0 aromatic heterocycles. The topological polar surface area (TPSA) is 62.9 Å². The molecule has 0 bridgehead atoms. The van der Waals surface area contributed by atoms with Crippen LogP contribution in [0.1, 0.15) is 33.6 Å². The number of guanidine groups is 1. The van der Waals surface area contributed by atoms with Crippen molar-refractivity contribution in [2.75, 3.05) is 32.8 Å². The van der Waals surface area contributed by atoms with Crippen LogP contribution in [-0.2, 0) is 4.74 Å². The zero-order chi connectivity index (χ0) is 13.4. The van der Waals surface area contributed by atoms with Gasteiger partial charge in [0.2, 0.25) is 5.96 Å². The molecule has 1 aliphatic rings. The first-order valence-corrected chi connectivity index (χ1v) is 7.01. The van der Waals surface area contributed by atoms with Crippen LogP contribution < -0.4 is 11.3 Å². The van der Waals surface area contributed by atoms with E-state index in [2.05, 4.69) is 29.2 Å². The third-order valence-corrected chi connectivity index (χ3v) is 3.21. The van der Waals surface area contributed by atoms with Crippen LogP contribution in [0.2, 0.25) is 0 Å². The van der Waals surface area contributed by atoms with Gasteiger partial charge in [-0.3, -0.25) is 10.4 Å². The lowest BCUT2D eigenvalue weighted by Gasteiger charge is -2.36. The predicted octanol–water partition coefficient (Wildman–Crippen LogP) is 1.21.